The van der Waals surface area contributed by atoms with Crippen LogP contribution < -0.4 is 0 Å². The first kappa shape index (κ1) is 13.5. The van der Waals surface area contributed by atoms with Crippen LogP contribution in [0.25, 0.3) is 0 Å². The standard InChI is InChI=1S/C13H20ClNO/c1-2-8-15(10-11-16)9-7-12-5-3-4-6-13(12)14/h3-6,16H,2,7-11H2,1H3. The van der Waals surface area contributed by atoms with Crippen LogP contribution in [0, 0.1) is 0 Å². The maximum atomic E-state index is 8.95. The second-order valence-corrected chi connectivity index (χ2v) is 4.31. The highest BCUT2D eigenvalue weighted by molar-refractivity contribution is 6.31. The number of benzene rings is 1. The van der Waals surface area contributed by atoms with Gasteiger partial charge in [0, 0.05) is 18.1 Å². The molecule has 90 valence electrons. The summed E-state index contributed by atoms with van der Waals surface area (Å²) in [6.45, 7) is 5.11. The van der Waals surface area contributed by atoms with E-state index >= 15 is 0 Å². The molecule has 1 rings (SSSR count). The zero-order valence-corrected chi connectivity index (χ0v) is 10.6. The third-order valence-corrected chi connectivity index (χ3v) is 2.98. The van der Waals surface area contributed by atoms with Gasteiger partial charge in [0.25, 0.3) is 0 Å². The Bertz CT molecular complexity index is 298. The van der Waals surface area contributed by atoms with Gasteiger partial charge in [-0.1, -0.05) is 36.7 Å². The van der Waals surface area contributed by atoms with E-state index in [2.05, 4.69) is 17.9 Å². The largest absolute Gasteiger partial charge is 0.395 e. The zero-order valence-electron chi connectivity index (χ0n) is 9.82. The fourth-order valence-corrected chi connectivity index (χ4v) is 2.00. The summed E-state index contributed by atoms with van der Waals surface area (Å²) in [6.07, 6.45) is 2.06. The van der Waals surface area contributed by atoms with Crippen molar-refractivity contribution in [2.75, 3.05) is 26.2 Å². The summed E-state index contributed by atoms with van der Waals surface area (Å²) < 4.78 is 0. The molecular weight excluding hydrogens is 222 g/mol. The van der Waals surface area contributed by atoms with Crippen molar-refractivity contribution in [1.29, 1.82) is 0 Å². The van der Waals surface area contributed by atoms with Gasteiger partial charge in [0.15, 0.2) is 0 Å². The van der Waals surface area contributed by atoms with E-state index in [1.165, 1.54) is 5.56 Å². The van der Waals surface area contributed by atoms with Gasteiger partial charge in [-0.25, -0.2) is 0 Å². The summed E-state index contributed by atoms with van der Waals surface area (Å²) in [4.78, 5) is 2.27. The summed E-state index contributed by atoms with van der Waals surface area (Å²) in [5.41, 5.74) is 1.18. The summed E-state index contributed by atoms with van der Waals surface area (Å²) in [6, 6.07) is 7.94. The third kappa shape index (κ3) is 4.52. The molecular formula is C13H20ClNO. The molecule has 0 radical (unpaired) electrons. The van der Waals surface area contributed by atoms with Crippen molar-refractivity contribution >= 4 is 11.6 Å². The topological polar surface area (TPSA) is 23.5 Å². The molecule has 1 N–H and O–H groups in total. The van der Waals surface area contributed by atoms with E-state index in [-0.39, 0.29) is 6.61 Å². The second-order valence-electron chi connectivity index (χ2n) is 3.91. The molecule has 0 aliphatic rings. The number of hydrogen-bond donors (Lipinski definition) is 1. The summed E-state index contributed by atoms with van der Waals surface area (Å²) in [5, 5.41) is 9.78. The van der Waals surface area contributed by atoms with Crippen LogP contribution in [-0.4, -0.2) is 36.2 Å². The Morgan fingerprint density at radius 1 is 1.19 bits per heavy atom. The normalized spacial score (nSPS) is 11.0. The SMILES string of the molecule is CCCN(CCO)CCc1ccccc1Cl. The van der Waals surface area contributed by atoms with Gasteiger partial charge in [0.05, 0.1) is 6.61 Å². The number of nitrogens with zero attached hydrogens (tertiary/aromatic N) is 1. The monoisotopic (exact) mass is 241 g/mol. The van der Waals surface area contributed by atoms with Gasteiger partial charge in [-0.3, -0.25) is 0 Å². The van der Waals surface area contributed by atoms with Crippen molar-refractivity contribution in [3.05, 3.63) is 34.9 Å². The number of aliphatic hydroxyl groups excluding tert-OH is 1. The van der Waals surface area contributed by atoms with E-state index in [0.29, 0.717) is 0 Å². The minimum atomic E-state index is 0.225. The molecule has 16 heavy (non-hydrogen) atoms. The maximum Gasteiger partial charge on any atom is 0.0558 e. The number of aliphatic hydroxyl groups is 1. The lowest BCUT2D eigenvalue weighted by molar-refractivity contribution is 0.197. The first-order valence-electron chi connectivity index (χ1n) is 5.84. The Labute approximate surface area is 103 Å². The predicted octanol–water partition coefficient (Wildman–Crippen LogP) is 2.59. The van der Waals surface area contributed by atoms with E-state index in [1.54, 1.807) is 0 Å². The van der Waals surface area contributed by atoms with E-state index in [9.17, 15) is 0 Å². The number of halogens is 1. The number of hydrogen-bond acceptors (Lipinski definition) is 2. The van der Waals surface area contributed by atoms with Crippen LogP contribution in [-0.2, 0) is 6.42 Å². The summed E-state index contributed by atoms with van der Waals surface area (Å²) in [5.74, 6) is 0. The van der Waals surface area contributed by atoms with Crippen molar-refractivity contribution in [3.63, 3.8) is 0 Å². The Morgan fingerprint density at radius 3 is 2.56 bits per heavy atom. The molecule has 0 saturated heterocycles. The van der Waals surface area contributed by atoms with Crippen LogP contribution in [0.3, 0.4) is 0 Å². The minimum absolute atomic E-state index is 0.225. The fourth-order valence-electron chi connectivity index (χ4n) is 1.77. The van der Waals surface area contributed by atoms with Crippen LogP contribution in [0.2, 0.25) is 5.02 Å². The van der Waals surface area contributed by atoms with Crippen LogP contribution in [0.4, 0.5) is 0 Å². The second kappa shape index (κ2) is 7.66. The van der Waals surface area contributed by atoms with Crippen molar-refractivity contribution in [3.8, 4) is 0 Å². The summed E-state index contributed by atoms with van der Waals surface area (Å²) >= 11 is 6.09. The number of rotatable bonds is 7. The molecule has 2 nitrogen and oxygen atoms in total. The molecule has 1 aromatic carbocycles. The van der Waals surface area contributed by atoms with Crippen molar-refractivity contribution in [2.24, 2.45) is 0 Å². The first-order valence-corrected chi connectivity index (χ1v) is 6.22. The highest BCUT2D eigenvalue weighted by Gasteiger charge is 2.05. The first-order chi connectivity index (χ1) is 7.77. The molecule has 0 aromatic heterocycles. The molecule has 1 aromatic rings. The lowest BCUT2D eigenvalue weighted by Gasteiger charge is -2.20. The van der Waals surface area contributed by atoms with Crippen LogP contribution in [0.1, 0.15) is 18.9 Å². The van der Waals surface area contributed by atoms with Crippen LogP contribution >= 0.6 is 11.6 Å². The molecule has 0 fully saturated rings. The lowest BCUT2D eigenvalue weighted by atomic mass is 10.1. The molecule has 0 amide bonds. The average Bonchev–Trinajstić information content (AvgIpc) is 2.28. The van der Waals surface area contributed by atoms with E-state index < -0.39 is 0 Å². The Kier molecular flexibility index (Phi) is 6.46. The molecule has 0 atom stereocenters. The minimum Gasteiger partial charge on any atom is -0.395 e. The highest BCUT2D eigenvalue weighted by Crippen LogP contribution is 2.15. The summed E-state index contributed by atoms with van der Waals surface area (Å²) in [7, 11) is 0. The van der Waals surface area contributed by atoms with E-state index in [0.717, 1.165) is 37.5 Å². The van der Waals surface area contributed by atoms with Gasteiger partial charge in [0.2, 0.25) is 0 Å². The highest BCUT2D eigenvalue weighted by atomic mass is 35.5. The molecule has 0 heterocycles. The average molecular weight is 242 g/mol. The van der Waals surface area contributed by atoms with Crippen molar-refractivity contribution < 1.29 is 5.11 Å². The Balaban J connectivity index is 2.45. The molecule has 0 unspecified atom stereocenters. The lowest BCUT2D eigenvalue weighted by Crippen LogP contribution is -2.29. The molecule has 0 aliphatic carbocycles. The zero-order chi connectivity index (χ0) is 11.8. The third-order valence-electron chi connectivity index (χ3n) is 2.61. The quantitative estimate of drug-likeness (QED) is 0.793. The molecule has 0 spiro atoms. The molecule has 0 bridgehead atoms. The van der Waals surface area contributed by atoms with Crippen molar-refractivity contribution in [1.82, 2.24) is 4.90 Å². The molecule has 0 aliphatic heterocycles. The van der Waals surface area contributed by atoms with Gasteiger partial charge in [0.1, 0.15) is 0 Å². The van der Waals surface area contributed by atoms with Gasteiger partial charge < -0.3 is 10.0 Å². The van der Waals surface area contributed by atoms with Crippen LogP contribution in [0.5, 0.6) is 0 Å². The van der Waals surface area contributed by atoms with Gasteiger partial charge in [-0.2, -0.15) is 0 Å². The van der Waals surface area contributed by atoms with Gasteiger partial charge in [-0.05, 0) is 31.0 Å². The van der Waals surface area contributed by atoms with Crippen molar-refractivity contribution in [2.45, 2.75) is 19.8 Å². The fraction of sp³-hybridized carbons (Fsp3) is 0.538. The van der Waals surface area contributed by atoms with Crippen LogP contribution in [0.15, 0.2) is 24.3 Å². The van der Waals surface area contributed by atoms with Gasteiger partial charge >= 0.3 is 0 Å². The Morgan fingerprint density at radius 2 is 1.94 bits per heavy atom. The van der Waals surface area contributed by atoms with E-state index in [1.807, 2.05) is 18.2 Å². The smallest absolute Gasteiger partial charge is 0.0558 e. The van der Waals surface area contributed by atoms with E-state index in [4.69, 9.17) is 16.7 Å². The molecule has 3 heteroatoms. The molecule has 0 saturated carbocycles. The Hall–Kier alpha value is -0.570. The maximum absolute atomic E-state index is 8.95. The predicted molar refractivity (Wildman–Crippen MR) is 69.0 cm³/mol. The van der Waals surface area contributed by atoms with Gasteiger partial charge in [-0.15, -0.1) is 0 Å².